The number of rotatable bonds is 8. The standard InChI is InChI=1S/C22H22F2N6O3/c1-4-29-12-16(13(3)28-29)17-8-9-25-20-15(11-26-30(17)20)21(31)27-14-6-7-18(33-22(23)24)19(10-14)32-5-2/h6-12,22H,4-5H2,1-3H3,(H,27,31). The third-order valence-electron chi connectivity index (χ3n) is 4.91. The van der Waals surface area contributed by atoms with E-state index < -0.39 is 12.5 Å². The molecule has 3 aromatic heterocycles. The van der Waals surface area contributed by atoms with Gasteiger partial charge in [0.2, 0.25) is 0 Å². The minimum atomic E-state index is -2.99. The SMILES string of the molecule is CCOc1cc(NC(=O)c2cnn3c(-c4cn(CC)nc4C)ccnc23)ccc1OC(F)F. The van der Waals surface area contributed by atoms with Gasteiger partial charge in [0, 0.05) is 36.3 Å². The average molecular weight is 456 g/mol. The van der Waals surface area contributed by atoms with Gasteiger partial charge in [-0.3, -0.25) is 9.48 Å². The molecule has 0 unspecified atom stereocenters. The molecule has 11 heteroatoms. The molecule has 4 aromatic rings. The molecule has 0 saturated carbocycles. The molecule has 3 heterocycles. The van der Waals surface area contributed by atoms with Crippen molar-refractivity contribution in [2.24, 2.45) is 0 Å². The van der Waals surface area contributed by atoms with Gasteiger partial charge < -0.3 is 14.8 Å². The second-order valence-corrected chi connectivity index (χ2v) is 7.03. The lowest BCUT2D eigenvalue weighted by Crippen LogP contribution is -2.13. The van der Waals surface area contributed by atoms with Gasteiger partial charge in [0.25, 0.3) is 5.91 Å². The monoisotopic (exact) mass is 456 g/mol. The van der Waals surface area contributed by atoms with E-state index in [2.05, 4.69) is 25.2 Å². The van der Waals surface area contributed by atoms with E-state index in [-0.39, 0.29) is 23.7 Å². The summed E-state index contributed by atoms with van der Waals surface area (Å²) in [6.45, 7) is 3.60. The van der Waals surface area contributed by atoms with Crippen molar-refractivity contribution in [3.63, 3.8) is 0 Å². The summed E-state index contributed by atoms with van der Waals surface area (Å²) in [6.07, 6.45) is 4.96. The van der Waals surface area contributed by atoms with Crippen molar-refractivity contribution in [2.45, 2.75) is 33.9 Å². The van der Waals surface area contributed by atoms with Crippen molar-refractivity contribution in [1.82, 2.24) is 24.4 Å². The lowest BCUT2D eigenvalue weighted by molar-refractivity contribution is -0.0514. The van der Waals surface area contributed by atoms with Crippen LogP contribution in [0.25, 0.3) is 16.9 Å². The molecule has 1 aromatic carbocycles. The van der Waals surface area contributed by atoms with Gasteiger partial charge >= 0.3 is 6.61 Å². The molecule has 0 aliphatic carbocycles. The van der Waals surface area contributed by atoms with Crippen LogP contribution < -0.4 is 14.8 Å². The minimum absolute atomic E-state index is 0.0966. The quantitative estimate of drug-likeness (QED) is 0.428. The summed E-state index contributed by atoms with van der Waals surface area (Å²) in [4.78, 5) is 17.3. The number of anilines is 1. The molecule has 1 amide bonds. The first-order chi connectivity index (χ1) is 15.9. The smallest absolute Gasteiger partial charge is 0.387 e. The minimum Gasteiger partial charge on any atom is -0.490 e. The molecule has 0 aliphatic heterocycles. The van der Waals surface area contributed by atoms with Gasteiger partial charge in [0.05, 0.1) is 24.2 Å². The first kappa shape index (κ1) is 22.2. The maximum atomic E-state index is 13.0. The van der Waals surface area contributed by atoms with Crippen molar-refractivity contribution in [1.29, 1.82) is 0 Å². The van der Waals surface area contributed by atoms with Crippen LogP contribution in [0.2, 0.25) is 0 Å². The molecule has 0 atom stereocenters. The highest BCUT2D eigenvalue weighted by Crippen LogP contribution is 2.32. The van der Waals surface area contributed by atoms with Gasteiger partial charge in [-0.2, -0.15) is 19.0 Å². The lowest BCUT2D eigenvalue weighted by atomic mass is 10.2. The molecule has 172 valence electrons. The number of nitrogens with zero attached hydrogens (tertiary/aromatic N) is 5. The Morgan fingerprint density at radius 1 is 1.21 bits per heavy atom. The number of benzene rings is 1. The van der Waals surface area contributed by atoms with Gasteiger partial charge in [0.15, 0.2) is 17.1 Å². The van der Waals surface area contributed by atoms with Crippen LogP contribution >= 0.6 is 0 Å². The van der Waals surface area contributed by atoms with Crippen LogP contribution in [0.3, 0.4) is 0 Å². The first-order valence-electron chi connectivity index (χ1n) is 10.3. The number of halogens is 2. The summed E-state index contributed by atoms with van der Waals surface area (Å²) in [5.74, 6) is -0.477. The Hall–Kier alpha value is -4.02. The summed E-state index contributed by atoms with van der Waals surface area (Å²) >= 11 is 0. The van der Waals surface area contributed by atoms with Crippen LogP contribution in [0.1, 0.15) is 29.9 Å². The molecular formula is C22H22F2N6O3. The molecule has 0 aliphatic rings. The van der Waals surface area contributed by atoms with E-state index >= 15 is 0 Å². The van der Waals surface area contributed by atoms with Gasteiger partial charge in [-0.25, -0.2) is 9.50 Å². The third kappa shape index (κ3) is 4.47. The van der Waals surface area contributed by atoms with E-state index in [1.54, 1.807) is 17.6 Å². The van der Waals surface area contributed by atoms with E-state index in [1.165, 1.54) is 24.4 Å². The van der Waals surface area contributed by atoms with Crippen molar-refractivity contribution < 1.29 is 23.0 Å². The zero-order valence-electron chi connectivity index (χ0n) is 18.2. The van der Waals surface area contributed by atoms with E-state index in [0.29, 0.717) is 11.3 Å². The maximum Gasteiger partial charge on any atom is 0.387 e. The maximum absolute atomic E-state index is 13.0. The second-order valence-electron chi connectivity index (χ2n) is 7.03. The average Bonchev–Trinajstić information content (AvgIpc) is 3.38. The fraction of sp³-hybridized carbons (Fsp3) is 0.273. The van der Waals surface area contributed by atoms with E-state index in [0.717, 1.165) is 23.5 Å². The van der Waals surface area contributed by atoms with Gasteiger partial charge in [-0.1, -0.05) is 0 Å². The van der Waals surface area contributed by atoms with Crippen molar-refractivity contribution >= 4 is 17.2 Å². The predicted octanol–water partition coefficient (Wildman–Crippen LogP) is 4.17. The number of aromatic nitrogens is 5. The summed E-state index contributed by atoms with van der Waals surface area (Å²) < 4.78 is 38.5. The van der Waals surface area contributed by atoms with Crippen molar-refractivity contribution in [3.05, 3.63) is 54.1 Å². The van der Waals surface area contributed by atoms with Gasteiger partial charge in [-0.15, -0.1) is 0 Å². The van der Waals surface area contributed by atoms with Gasteiger partial charge in [-0.05, 0) is 39.0 Å². The van der Waals surface area contributed by atoms with Crippen LogP contribution in [-0.4, -0.2) is 43.5 Å². The first-order valence-corrected chi connectivity index (χ1v) is 10.3. The molecule has 33 heavy (non-hydrogen) atoms. The number of alkyl halides is 2. The Balaban J connectivity index is 1.64. The molecule has 0 fully saturated rings. The molecule has 9 nitrogen and oxygen atoms in total. The molecule has 0 saturated heterocycles. The van der Waals surface area contributed by atoms with Crippen LogP contribution in [0.15, 0.2) is 42.9 Å². The number of ether oxygens (including phenoxy) is 2. The molecule has 0 radical (unpaired) electrons. The largest absolute Gasteiger partial charge is 0.490 e. The number of carbonyl (C=O) groups is 1. The topological polar surface area (TPSA) is 95.6 Å². The Bertz CT molecular complexity index is 1300. The summed E-state index contributed by atoms with van der Waals surface area (Å²) in [6, 6.07) is 5.99. The van der Waals surface area contributed by atoms with Crippen molar-refractivity contribution in [3.8, 4) is 22.8 Å². The van der Waals surface area contributed by atoms with E-state index in [1.807, 2.05) is 30.8 Å². The van der Waals surface area contributed by atoms with Crippen LogP contribution in [0, 0.1) is 6.92 Å². The van der Waals surface area contributed by atoms with Gasteiger partial charge in [0.1, 0.15) is 5.56 Å². The Kier molecular flexibility index (Phi) is 6.20. The molecule has 1 N–H and O–H groups in total. The van der Waals surface area contributed by atoms with Crippen LogP contribution in [0.4, 0.5) is 14.5 Å². The number of aryl methyl sites for hydroxylation is 2. The predicted molar refractivity (Wildman–Crippen MR) is 117 cm³/mol. The number of nitrogens with one attached hydrogen (secondary N) is 1. The zero-order chi connectivity index (χ0) is 23.5. The number of fused-ring (bicyclic) bond motifs is 1. The molecular weight excluding hydrogens is 434 g/mol. The highest BCUT2D eigenvalue weighted by Gasteiger charge is 2.19. The van der Waals surface area contributed by atoms with Crippen molar-refractivity contribution in [2.75, 3.05) is 11.9 Å². The normalized spacial score (nSPS) is 11.2. The summed E-state index contributed by atoms with van der Waals surface area (Å²) in [5.41, 5.74) is 3.44. The Morgan fingerprint density at radius 2 is 2.03 bits per heavy atom. The summed E-state index contributed by atoms with van der Waals surface area (Å²) in [5, 5.41) is 11.5. The van der Waals surface area contributed by atoms with E-state index in [4.69, 9.17) is 4.74 Å². The second kappa shape index (κ2) is 9.23. The molecule has 4 rings (SSSR count). The number of amides is 1. The summed E-state index contributed by atoms with van der Waals surface area (Å²) in [7, 11) is 0. The third-order valence-corrected chi connectivity index (χ3v) is 4.91. The highest BCUT2D eigenvalue weighted by atomic mass is 19.3. The highest BCUT2D eigenvalue weighted by molar-refractivity contribution is 6.08. The number of hydrogen-bond acceptors (Lipinski definition) is 6. The lowest BCUT2D eigenvalue weighted by Gasteiger charge is -2.13. The van der Waals surface area contributed by atoms with Crippen LogP contribution in [0.5, 0.6) is 11.5 Å². The molecule has 0 bridgehead atoms. The number of carbonyl (C=O) groups excluding carboxylic acids is 1. The van der Waals surface area contributed by atoms with Crippen LogP contribution in [-0.2, 0) is 6.54 Å². The fourth-order valence-electron chi connectivity index (χ4n) is 3.43. The van der Waals surface area contributed by atoms with E-state index in [9.17, 15) is 13.6 Å². The Labute approximate surface area is 188 Å². The fourth-order valence-corrected chi connectivity index (χ4v) is 3.43. The zero-order valence-corrected chi connectivity index (χ0v) is 18.2. The number of hydrogen-bond donors (Lipinski definition) is 1. The molecule has 0 spiro atoms. The Morgan fingerprint density at radius 3 is 2.73 bits per heavy atom.